The number of hydrogen-bond acceptors (Lipinski definition) is 5. The lowest BCUT2D eigenvalue weighted by Crippen LogP contribution is -2.54. The minimum Gasteiger partial charge on any atom is -0.464 e. The number of carbonyl (C=O) groups is 1. The molecule has 1 aliphatic heterocycles. The Morgan fingerprint density at radius 1 is 1.11 bits per heavy atom. The van der Waals surface area contributed by atoms with Crippen LogP contribution in [0.2, 0.25) is 0 Å². The van der Waals surface area contributed by atoms with Gasteiger partial charge in [-0.2, -0.15) is 0 Å². The van der Waals surface area contributed by atoms with Crippen LogP contribution in [0.5, 0.6) is 0 Å². The maximum Gasteiger partial charge on any atom is 0.339 e. The Morgan fingerprint density at radius 3 is 2.78 bits per heavy atom. The minimum atomic E-state index is -0.609. The van der Waals surface area contributed by atoms with E-state index in [-0.39, 0.29) is 18.2 Å². The quantitative estimate of drug-likeness (QED) is 0.380. The zero-order valence-corrected chi connectivity index (χ0v) is 20.6. The number of amides is 1. The lowest BCUT2D eigenvalue weighted by Gasteiger charge is -2.47. The lowest BCUT2D eigenvalue weighted by atomic mass is 9.71. The number of fused-ring (bicyclic) bond motifs is 3. The summed E-state index contributed by atoms with van der Waals surface area (Å²) in [7, 11) is 0. The van der Waals surface area contributed by atoms with Crippen LogP contribution in [0.1, 0.15) is 49.7 Å². The Bertz CT molecular complexity index is 1500. The molecule has 1 amide bonds. The van der Waals surface area contributed by atoms with Gasteiger partial charge in [0.2, 0.25) is 5.91 Å². The third-order valence-electron chi connectivity index (χ3n) is 8.44. The summed E-state index contributed by atoms with van der Waals surface area (Å²) in [6, 6.07) is 13.8. The number of nitrogens with zero attached hydrogens (tertiary/aromatic N) is 1. The van der Waals surface area contributed by atoms with Crippen LogP contribution in [0.15, 0.2) is 62.4 Å². The molecule has 0 bridgehead atoms. The third-order valence-corrected chi connectivity index (χ3v) is 8.44. The van der Waals surface area contributed by atoms with E-state index >= 15 is 0 Å². The fourth-order valence-electron chi connectivity index (χ4n) is 6.23. The molecule has 2 unspecified atom stereocenters. The molecule has 0 radical (unpaired) electrons. The number of hydrogen-bond donors (Lipinski definition) is 1. The van der Waals surface area contributed by atoms with Crippen LogP contribution in [0.3, 0.4) is 0 Å². The molecule has 6 nitrogen and oxygen atoms in total. The van der Waals surface area contributed by atoms with Gasteiger partial charge in [-0.05, 0) is 49.8 Å². The molecule has 0 spiro atoms. The van der Waals surface area contributed by atoms with Crippen LogP contribution in [0.4, 0.5) is 0 Å². The Labute approximate surface area is 209 Å². The topological polar surface area (TPSA) is 83.9 Å². The Kier molecular flexibility index (Phi) is 5.72. The van der Waals surface area contributed by atoms with Crippen molar-refractivity contribution in [2.75, 3.05) is 13.1 Å². The Balaban J connectivity index is 1.26. The van der Waals surface area contributed by atoms with Gasteiger partial charge < -0.3 is 18.8 Å². The molecular weight excluding hydrogens is 454 g/mol. The number of aryl methyl sites for hydroxylation is 1. The van der Waals surface area contributed by atoms with Crippen molar-refractivity contribution in [2.24, 2.45) is 5.92 Å². The highest BCUT2D eigenvalue weighted by atomic mass is 16.4. The maximum absolute atomic E-state index is 13.1. The van der Waals surface area contributed by atoms with Gasteiger partial charge in [-0.15, -0.1) is 0 Å². The minimum absolute atomic E-state index is 0.0400. The summed E-state index contributed by atoms with van der Waals surface area (Å²) in [5, 5.41) is 12.7. The first-order valence-corrected chi connectivity index (χ1v) is 13.0. The zero-order chi connectivity index (χ0) is 24.9. The molecule has 1 saturated carbocycles. The van der Waals surface area contributed by atoms with Gasteiger partial charge in [0.25, 0.3) is 0 Å². The number of furan rings is 1. The molecule has 36 heavy (non-hydrogen) atoms. The highest BCUT2D eigenvalue weighted by molar-refractivity contribution is 6.02. The van der Waals surface area contributed by atoms with Gasteiger partial charge in [-0.1, -0.05) is 43.2 Å². The van der Waals surface area contributed by atoms with Crippen molar-refractivity contribution < 1.29 is 18.7 Å². The summed E-state index contributed by atoms with van der Waals surface area (Å²) in [5.41, 5.74) is 3.58. The monoisotopic (exact) mass is 485 g/mol. The van der Waals surface area contributed by atoms with Crippen molar-refractivity contribution in [2.45, 2.75) is 57.5 Å². The van der Waals surface area contributed by atoms with Crippen LogP contribution in [-0.4, -0.2) is 34.6 Å². The van der Waals surface area contributed by atoms with Gasteiger partial charge in [0.15, 0.2) is 0 Å². The summed E-state index contributed by atoms with van der Waals surface area (Å²) in [4.78, 5) is 27.8. The molecule has 6 heteroatoms. The maximum atomic E-state index is 13.1. The van der Waals surface area contributed by atoms with E-state index in [9.17, 15) is 14.7 Å². The largest absolute Gasteiger partial charge is 0.464 e. The van der Waals surface area contributed by atoms with E-state index in [0.29, 0.717) is 42.7 Å². The molecule has 2 atom stereocenters. The summed E-state index contributed by atoms with van der Waals surface area (Å²) in [6.07, 6.45) is 6.96. The summed E-state index contributed by atoms with van der Waals surface area (Å²) in [5.74, 6) is 0.200. The van der Waals surface area contributed by atoms with Gasteiger partial charge in [-0.3, -0.25) is 4.79 Å². The Morgan fingerprint density at radius 2 is 1.94 bits per heavy atom. The van der Waals surface area contributed by atoms with Gasteiger partial charge in [0.05, 0.1) is 11.9 Å². The molecule has 2 fully saturated rings. The van der Waals surface area contributed by atoms with E-state index in [1.165, 1.54) is 0 Å². The van der Waals surface area contributed by atoms with Crippen molar-refractivity contribution in [1.82, 2.24) is 4.90 Å². The first-order chi connectivity index (χ1) is 17.4. The highest BCUT2D eigenvalue weighted by Gasteiger charge is 2.43. The number of benzene rings is 2. The predicted molar refractivity (Wildman–Crippen MR) is 139 cm³/mol. The SMILES string of the molecule is Cc1c(CCC(=O)N2CCC3(O)CCCCC3C2)c(=O)oc2cc3occ(-c4ccccc4)c3cc12. The first-order valence-electron chi connectivity index (χ1n) is 13.0. The second-order valence-electron chi connectivity index (χ2n) is 10.5. The molecule has 1 N–H and O–H groups in total. The molecule has 3 heterocycles. The number of rotatable bonds is 4. The predicted octanol–water partition coefficient (Wildman–Crippen LogP) is 5.60. The van der Waals surface area contributed by atoms with E-state index in [0.717, 1.165) is 53.1 Å². The highest BCUT2D eigenvalue weighted by Crippen LogP contribution is 2.40. The second kappa shape index (κ2) is 8.93. The summed E-state index contributed by atoms with van der Waals surface area (Å²) in [6.45, 7) is 3.12. The molecule has 4 aromatic rings. The molecule has 2 aliphatic rings. The summed E-state index contributed by atoms with van der Waals surface area (Å²) < 4.78 is 11.5. The molecular formula is C30H31NO5. The molecule has 186 valence electrons. The van der Waals surface area contributed by atoms with Crippen molar-refractivity contribution in [3.8, 4) is 11.1 Å². The average molecular weight is 486 g/mol. The van der Waals surface area contributed by atoms with Gasteiger partial charge in [0.1, 0.15) is 11.2 Å². The normalized spacial score (nSPS) is 22.2. The van der Waals surface area contributed by atoms with Gasteiger partial charge in [0, 0.05) is 53.4 Å². The number of aliphatic hydroxyl groups is 1. The standard InChI is InChI=1S/C30H31NO5/c1-19-22(10-11-28(32)31-14-13-30(34)12-6-5-9-21(30)17-31)29(33)36-27-16-26-24(15-23(19)27)25(18-35-26)20-7-3-2-4-8-20/h2-4,7-8,15-16,18,21,34H,5-6,9-14,17H2,1H3. The molecule has 6 rings (SSSR count). The van der Waals surface area contributed by atoms with E-state index in [4.69, 9.17) is 8.83 Å². The smallest absolute Gasteiger partial charge is 0.339 e. The molecule has 2 aromatic heterocycles. The van der Waals surface area contributed by atoms with Crippen LogP contribution >= 0.6 is 0 Å². The lowest BCUT2D eigenvalue weighted by molar-refractivity contribution is -0.143. The number of piperidine rings is 1. The van der Waals surface area contributed by atoms with Crippen molar-refractivity contribution in [3.63, 3.8) is 0 Å². The van der Waals surface area contributed by atoms with Crippen LogP contribution < -0.4 is 5.63 Å². The van der Waals surface area contributed by atoms with Crippen LogP contribution in [0, 0.1) is 12.8 Å². The average Bonchev–Trinajstić information content (AvgIpc) is 3.30. The Hall–Kier alpha value is -3.38. The molecule has 2 aromatic carbocycles. The first kappa shape index (κ1) is 23.0. The fraction of sp³-hybridized carbons (Fsp3) is 0.400. The number of likely N-dealkylation sites (tertiary alicyclic amines) is 1. The molecule has 1 saturated heterocycles. The number of carbonyl (C=O) groups excluding carboxylic acids is 1. The second-order valence-corrected chi connectivity index (χ2v) is 10.5. The van der Waals surface area contributed by atoms with Crippen molar-refractivity contribution in [1.29, 1.82) is 0 Å². The van der Waals surface area contributed by atoms with Gasteiger partial charge >= 0.3 is 5.63 Å². The van der Waals surface area contributed by atoms with Gasteiger partial charge in [-0.25, -0.2) is 4.79 Å². The molecule has 1 aliphatic carbocycles. The summed E-state index contributed by atoms with van der Waals surface area (Å²) >= 11 is 0. The van der Waals surface area contributed by atoms with E-state index in [1.54, 1.807) is 12.3 Å². The zero-order valence-electron chi connectivity index (χ0n) is 20.6. The van der Waals surface area contributed by atoms with E-state index in [2.05, 4.69) is 0 Å². The van der Waals surface area contributed by atoms with E-state index in [1.807, 2.05) is 48.2 Å². The van der Waals surface area contributed by atoms with E-state index < -0.39 is 11.2 Å². The van der Waals surface area contributed by atoms with Crippen LogP contribution in [-0.2, 0) is 11.2 Å². The van der Waals surface area contributed by atoms with Crippen molar-refractivity contribution >= 4 is 27.8 Å². The fourth-order valence-corrected chi connectivity index (χ4v) is 6.23. The van der Waals surface area contributed by atoms with Crippen molar-refractivity contribution in [3.05, 3.63) is 70.3 Å². The van der Waals surface area contributed by atoms with Crippen LogP contribution in [0.25, 0.3) is 33.1 Å². The third kappa shape index (κ3) is 3.94.